The molecule has 1 aromatic heterocycles. The molecule has 1 atom stereocenters. The number of anilines is 1. The zero-order valence-corrected chi connectivity index (χ0v) is 15.8. The van der Waals surface area contributed by atoms with Crippen LogP contribution in [0, 0.1) is 5.82 Å². The fraction of sp³-hybridized carbons (Fsp3) is 0.400. The summed E-state index contributed by atoms with van der Waals surface area (Å²) in [5.74, 6) is -0.399. The van der Waals surface area contributed by atoms with Crippen LogP contribution >= 0.6 is 11.6 Å². The molecule has 1 aliphatic rings. The molecule has 2 heterocycles. The van der Waals surface area contributed by atoms with Crippen molar-refractivity contribution in [1.29, 1.82) is 0 Å². The number of nitrogens with one attached hydrogen (secondary N) is 1. The van der Waals surface area contributed by atoms with Gasteiger partial charge in [-0.1, -0.05) is 18.5 Å². The van der Waals surface area contributed by atoms with Gasteiger partial charge in [-0.2, -0.15) is 0 Å². The number of fused-ring (bicyclic) bond motifs is 1. The van der Waals surface area contributed by atoms with E-state index in [0.717, 1.165) is 37.1 Å². The van der Waals surface area contributed by atoms with Gasteiger partial charge in [-0.25, -0.2) is 9.37 Å². The molecule has 1 amide bonds. The van der Waals surface area contributed by atoms with Gasteiger partial charge in [0.15, 0.2) is 0 Å². The Hall–Kier alpha value is -1.98. The van der Waals surface area contributed by atoms with Crippen molar-refractivity contribution in [1.82, 2.24) is 10.3 Å². The summed E-state index contributed by atoms with van der Waals surface area (Å²) in [6.45, 7) is 3.54. The highest BCUT2D eigenvalue weighted by atomic mass is 35.5. The third kappa shape index (κ3) is 3.46. The van der Waals surface area contributed by atoms with Crippen molar-refractivity contribution in [2.45, 2.75) is 31.6 Å². The number of amides is 1. The highest BCUT2D eigenvalue weighted by Crippen LogP contribution is 2.46. The van der Waals surface area contributed by atoms with E-state index in [1.807, 2.05) is 7.05 Å². The lowest BCUT2D eigenvalue weighted by atomic mass is 9.76. The predicted octanol–water partition coefficient (Wildman–Crippen LogP) is 4.18. The molecule has 3 rings (SSSR count). The molecule has 1 N–H and O–H groups in total. The second kappa shape index (κ2) is 7.72. The quantitative estimate of drug-likeness (QED) is 0.608. The van der Waals surface area contributed by atoms with Gasteiger partial charge in [-0.3, -0.25) is 4.79 Å². The number of hydrogen-bond donors (Lipinski definition) is 1. The van der Waals surface area contributed by atoms with Gasteiger partial charge in [-0.15, -0.1) is 0 Å². The number of carbonyl (C=O) groups is 1. The van der Waals surface area contributed by atoms with E-state index >= 15 is 0 Å². The van der Waals surface area contributed by atoms with E-state index in [9.17, 15) is 9.18 Å². The average molecular weight is 376 g/mol. The molecule has 0 fully saturated rings. The smallest absolute Gasteiger partial charge is 0.259 e. The lowest BCUT2D eigenvalue weighted by Gasteiger charge is -2.29. The van der Waals surface area contributed by atoms with Gasteiger partial charge in [0, 0.05) is 23.8 Å². The molecular formula is C20H23ClFN3O. The van der Waals surface area contributed by atoms with Crippen molar-refractivity contribution in [2.24, 2.45) is 0 Å². The Labute approximate surface area is 158 Å². The lowest BCUT2D eigenvalue weighted by Crippen LogP contribution is -2.37. The van der Waals surface area contributed by atoms with Crippen molar-refractivity contribution in [3.8, 4) is 0 Å². The molecule has 0 saturated carbocycles. The second-order valence-corrected chi connectivity index (χ2v) is 7.15. The number of halogens is 2. The van der Waals surface area contributed by atoms with Crippen LogP contribution in [0.5, 0.6) is 0 Å². The third-order valence-electron chi connectivity index (χ3n) is 5.26. The standard InChI is InChI=1S/C20H23ClFN3O/c1-3-20(9-4-10-23-2)13-25(17-7-6-15(22)11-16(17)20)19(26)14-5-8-18(21)24-12-14/h5-8,11-12,23H,3-4,9-10,13H2,1-2H3. The van der Waals surface area contributed by atoms with Gasteiger partial charge < -0.3 is 10.2 Å². The first kappa shape index (κ1) is 18.8. The Morgan fingerprint density at radius 3 is 2.85 bits per heavy atom. The van der Waals surface area contributed by atoms with Crippen LogP contribution < -0.4 is 10.2 Å². The van der Waals surface area contributed by atoms with Crippen molar-refractivity contribution < 1.29 is 9.18 Å². The Morgan fingerprint density at radius 2 is 2.19 bits per heavy atom. The largest absolute Gasteiger partial charge is 0.320 e. The normalized spacial score (nSPS) is 18.8. The zero-order chi connectivity index (χ0) is 18.7. The summed E-state index contributed by atoms with van der Waals surface area (Å²) in [6, 6.07) is 8.00. The highest BCUT2D eigenvalue weighted by Gasteiger charge is 2.43. The minimum Gasteiger partial charge on any atom is -0.320 e. The van der Waals surface area contributed by atoms with Crippen LogP contribution in [0.15, 0.2) is 36.5 Å². The molecule has 1 aromatic carbocycles. The lowest BCUT2D eigenvalue weighted by molar-refractivity contribution is 0.0983. The van der Waals surface area contributed by atoms with E-state index in [0.29, 0.717) is 17.3 Å². The number of aromatic nitrogens is 1. The summed E-state index contributed by atoms with van der Waals surface area (Å²) in [5.41, 5.74) is 1.96. The molecule has 138 valence electrons. The van der Waals surface area contributed by atoms with Crippen LogP contribution in [0.3, 0.4) is 0 Å². The number of rotatable bonds is 6. The Bertz CT molecular complexity index is 796. The summed E-state index contributed by atoms with van der Waals surface area (Å²) < 4.78 is 14.0. The SMILES string of the molecule is CCC1(CCCNC)CN(C(=O)c2ccc(Cl)nc2)c2ccc(F)cc21. The molecule has 26 heavy (non-hydrogen) atoms. The molecule has 6 heteroatoms. The summed E-state index contributed by atoms with van der Waals surface area (Å²) >= 11 is 5.83. The van der Waals surface area contributed by atoms with Crippen LogP contribution in [0.4, 0.5) is 10.1 Å². The molecule has 1 aliphatic heterocycles. The maximum absolute atomic E-state index is 14.0. The van der Waals surface area contributed by atoms with Gasteiger partial charge in [0.05, 0.1) is 5.56 Å². The summed E-state index contributed by atoms with van der Waals surface area (Å²) in [6.07, 6.45) is 4.19. The maximum Gasteiger partial charge on any atom is 0.259 e. The fourth-order valence-corrected chi connectivity index (χ4v) is 3.89. The fourth-order valence-electron chi connectivity index (χ4n) is 3.78. The Morgan fingerprint density at radius 1 is 1.38 bits per heavy atom. The third-order valence-corrected chi connectivity index (χ3v) is 5.48. The zero-order valence-electron chi connectivity index (χ0n) is 15.1. The van der Waals surface area contributed by atoms with E-state index in [4.69, 9.17) is 11.6 Å². The first-order valence-electron chi connectivity index (χ1n) is 8.89. The highest BCUT2D eigenvalue weighted by molar-refractivity contribution is 6.29. The van der Waals surface area contributed by atoms with E-state index < -0.39 is 0 Å². The monoisotopic (exact) mass is 375 g/mol. The Balaban J connectivity index is 1.98. The first-order valence-corrected chi connectivity index (χ1v) is 9.26. The van der Waals surface area contributed by atoms with Crippen LogP contribution in [0.25, 0.3) is 0 Å². The summed E-state index contributed by atoms with van der Waals surface area (Å²) in [5, 5.41) is 3.51. The molecule has 4 nitrogen and oxygen atoms in total. The molecule has 0 spiro atoms. The molecule has 0 saturated heterocycles. The molecule has 0 aliphatic carbocycles. The molecule has 0 radical (unpaired) electrons. The minimum absolute atomic E-state index is 0.133. The van der Waals surface area contributed by atoms with Crippen molar-refractivity contribution in [3.63, 3.8) is 0 Å². The van der Waals surface area contributed by atoms with E-state index in [1.54, 1.807) is 29.2 Å². The van der Waals surface area contributed by atoms with Crippen molar-refractivity contribution in [3.05, 3.63) is 58.6 Å². The van der Waals surface area contributed by atoms with Gasteiger partial charge in [0.2, 0.25) is 0 Å². The molecule has 2 aromatic rings. The molecule has 1 unspecified atom stereocenters. The predicted molar refractivity (Wildman–Crippen MR) is 102 cm³/mol. The van der Waals surface area contributed by atoms with Crippen LogP contribution in [-0.4, -0.2) is 31.0 Å². The van der Waals surface area contributed by atoms with E-state index in [-0.39, 0.29) is 17.1 Å². The number of nitrogens with zero attached hydrogens (tertiary/aromatic N) is 2. The van der Waals surface area contributed by atoms with Crippen molar-refractivity contribution in [2.75, 3.05) is 25.0 Å². The van der Waals surface area contributed by atoms with E-state index in [1.165, 1.54) is 12.3 Å². The van der Waals surface area contributed by atoms with Crippen molar-refractivity contribution >= 4 is 23.2 Å². The van der Waals surface area contributed by atoms with Gasteiger partial charge in [-0.05, 0) is 68.8 Å². The number of benzene rings is 1. The van der Waals surface area contributed by atoms with Gasteiger partial charge in [0.1, 0.15) is 11.0 Å². The number of pyridine rings is 1. The van der Waals surface area contributed by atoms with Gasteiger partial charge in [0.25, 0.3) is 5.91 Å². The summed E-state index contributed by atoms with van der Waals surface area (Å²) in [4.78, 5) is 18.8. The van der Waals surface area contributed by atoms with Crippen LogP contribution in [0.2, 0.25) is 5.15 Å². The van der Waals surface area contributed by atoms with Gasteiger partial charge >= 0.3 is 0 Å². The van der Waals surface area contributed by atoms with Crippen LogP contribution in [0.1, 0.15) is 42.1 Å². The first-order chi connectivity index (χ1) is 12.5. The average Bonchev–Trinajstić information content (AvgIpc) is 2.96. The minimum atomic E-state index is -0.266. The molecule has 0 bridgehead atoms. The summed E-state index contributed by atoms with van der Waals surface area (Å²) in [7, 11) is 1.92. The topological polar surface area (TPSA) is 45.2 Å². The Kier molecular flexibility index (Phi) is 5.58. The van der Waals surface area contributed by atoms with E-state index in [2.05, 4.69) is 17.2 Å². The number of hydrogen-bond acceptors (Lipinski definition) is 3. The maximum atomic E-state index is 14.0. The molecular weight excluding hydrogens is 353 g/mol. The second-order valence-electron chi connectivity index (χ2n) is 6.76. The van der Waals surface area contributed by atoms with Crippen LogP contribution in [-0.2, 0) is 5.41 Å². The number of carbonyl (C=O) groups excluding carboxylic acids is 1.